The van der Waals surface area contributed by atoms with Gasteiger partial charge in [0.25, 0.3) is 0 Å². The molecular formula is C16H23FN2O3S. The van der Waals surface area contributed by atoms with Gasteiger partial charge in [0, 0.05) is 18.5 Å². The smallest absolute Gasteiger partial charge is 0.221 e. The molecule has 1 saturated carbocycles. The summed E-state index contributed by atoms with van der Waals surface area (Å²) in [6.45, 7) is 1.50. The second-order valence-corrected chi connectivity index (χ2v) is 8.56. The number of carbonyl (C=O) groups excluding carboxylic acids is 1. The lowest BCUT2D eigenvalue weighted by Gasteiger charge is -2.27. The van der Waals surface area contributed by atoms with Crippen LogP contribution in [-0.4, -0.2) is 31.7 Å². The predicted molar refractivity (Wildman–Crippen MR) is 86.0 cm³/mol. The number of halogens is 1. The Labute approximate surface area is 136 Å². The molecule has 2 rings (SSSR count). The third-order valence-corrected chi connectivity index (χ3v) is 6.44. The van der Waals surface area contributed by atoms with Crippen molar-refractivity contribution in [1.82, 2.24) is 5.32 Å². The van der Waals surface area contributed by atoms with E-state index in [0.717, 1.165) is 37.8 Å². The first-order valence-corrected chi connectivity index (χ1v) is 9.38. The Morgan fingerprint density at radius 3 is 2.39 bits per heavy atom. The van der Waals surface area contributed by atoms with Crippen molar-refractivity contribution < 1.29 is 17.6 Å². The summed E-state index contributed by atoms with van der Waals surface area (Å²) in [5.74, 6) is -0.770. The molecule has 5 nitrogen and oxygen atoms in total. The van der Waals surface area contributed by atoms with Crippen LogP contribution in [0, 0.1) is 5.82 Å². The van der Waals surface area contributed by atoms with Gasteiger partial charge in [-0.1, -0.05) is 0 Å². The molecule has 1 aliphatic rings. The van der Waals surface area contributed by atoms with E-state index in [2.05, 4.69) is 5.32 Å². The van der Waals surface area contributed by atoms with Gasteiger partial charge in [0.1, 0.15) is 5.82 Å². The van der Waals surface area contributed by atoms with Crippen LogP contribution in [0.1, 0.15) is 39.0 Å². The van der Waals surface area contributed by atoms with E-state index in [-0.39, 0.29) is 29.3 Å². The minimum atomic E-state index is -3.65. The van der Waals surface area contributed by atoms with E-state index in [0.29, 0.717) is 0 Å². The van der Waals surface area contributed by atoms with Gasteiger partial charge < -0.3 is 11.1 Å². The van der Waals surface area contributed by atoms with Crippen molar-refractivity contribution in [3.05, 3.63) is 30.1 Å². The van der Waals surface area contributed by atoms with Gasteiger partial charge in [-0.2, -0.15) is 0 Å². The fraction of sp³-hybridized carbons (Fsp3) is 0.562. The van der Waals surface area contributed by atoms with Crippen molar-refractivity contribution in [2.45, 2.75) is 61.3 Å². The Morgan fingerprint density at radius 2 is 1.83 bits per heavy atom. The zero-order valence-corrected chi connectivity index (χ0v) is 14.0. The Balaban J connectivity index is 1.93. The summed E-state index contributed by atoms with van der Waals surface area (Å²) >= 11 is 0. The Morgan fingerprint density at radius 1 is 1.26 bits per heavy atom. The number of hydrogen-bond acceptors (Lipinski definition) is 4. The minimum absolute atomic E-state index is 0.0304. The van der Waals surface area contributed by atoms with Crippen molar-refractivity contribution >= 4 is 15.7 Å². The SMILES string of the molecule is CC(CC(=O)NC1CCC(N)CC1)S(=O)(=O)c1ccc(F)cc1. The van der Waals surface area contributed by atoms with Crippen LogP contribution in [0.2, 0.25) is 0 Å². The number of amides is 1. The average Bonchev–Trinajstić information content (AvgIpc) is 2.50. The second kappa shape index (κ2) is 7.40. The molecule has 3 N–H and O–H groups in total. The Bertz CT molecular complexity index is 638. The normalized spacial score (nSPS) is 23.3. The van der Waals surface area contributed by atoms with E-state index in [4.69, 9.17) is 5.73 Å². The quantitative estimate of drug-likeness (QED) is 0.798. The number of nitrogens with two attached hydrogens (primary N) is 1. The topological polar surface area (TPSA) is 89.3 Å². The van der Waals surface area contributed by atoms with Crippen molar-refractivity contribution in [3.8, 4) is 0 Å². The lowest BCUT2D eigenvalue weighted by Crippen LogP contribution is -2.41. The summed E-state index contributed by atoms with van der Waals surface area (Å²) in [4.78, 5) is 12.1. The summed E-state index contributed by atoms with van der Waals surface area (Å²) < 4.78 is 37.7. The van der Waals surface area contributed by atoms with Crippen LogP contribution in [0.4, 0.5) is 4.39 Å². The predicted octanol–water partition coefficient (Wildman–Crippen LogP) is 1.76. The molecule has 0 aromatic heterocycles. The monoisotopic (exact) mass is 342 g/mol. The third-order valence-electron chi connectivity index (χ3n) is 4.28. The lowest BCUT2D eigenvalue weighted by molar-refractivity contribution is -0.122. The highest BCUT2D eigenvalue weighted by atomic mass is 32.2. The van der Waals surface area contributed by atoms with Gasteiger partial charge in [-0.25, -0.2) is 12.8 Å². The standard InChI is InChI=1S/C16H23FN2O3S/c1-11(23(21,22)15-8-2-12(17)3-9-15)10-16(20)19-14-6-4-13(18)5-7-14/h2-3,8-9,11,13-14H,4-7,10,18H2,1H3,(H,19,20). The third kappa shape index (κ3) is 4.75. The number of hydrogen-bond donors (Lipinski definition) is 2. The Kier molecular flexibility index (Phi) is 5.75. The van der Waals surface area contributed by atoms with Crippen molar-refractivity contribution in [3.63, 3.8) is 0 Å². The highest BCUT2D eigenvalue weighted by Gasteiger charge is 2.27. The lowest BCUT2D eigenvalue weighted by atomic mass is 9.92. The molecule has 1 aliphatic carbocycles. The zero-order valence-electron chi connectivity index (χ0n) is 13.2. The molecule has 0 heterocycles. The summed E-state index contributed by atoms with van der Waals surface area (Å²) in [6.07, 6.45) is 3.28. The van der Waals surface area contributed by atoms with Crippen LogP contribution in [0.5, 0.6) is 0 Å². The summed E-state index contributed by atoms with van der Waals surface area (Å²) in [6, 6.07) is 4.92. The molecule has 1 fully saturated rings. The first-order valence-electron chi connectivity index (χ1n) is 7.83. The highest BCUT2D eigenvalue weighted by molar-refractivity contribution is 7.92. The first kappa shape index (κ1) is 17.9. The van der Waals surface area contributed by atoms with Crippen LogP contribution >= 0.6 is 0 Å². The molecule has 1 aromatic rings. The molecule has 23 heavy (non-hydrogen) atoms. The van der Waals surface area contributed by atoms with E-state index in [9.17, 15) is 17.6 Å². The maximum absolute atomic E-state index is 12.9. The van der Waals surface area contributed by atoms with E-state index < -0.39 is 20.9 Å². The molecule has 1 aromatic carbocycles. The van der Waals surface area contributed by atoms with E-state index >= 15 is 0 Å². The summed E-state index contributed by atoms with van der Waals surface area (Å²) in [7, 11) is -3.65. The number of rotatable bonds is 5. The number of nitrogens with one attached hydrogen (secondary N) is 1. The summed E-state index contributed by atoms with van der Waals surface area (Å²) in [5, 5.41) is 2.02. The molecule has 1 unspecified atom stereocenters. The zero-order chi connectivity index (χ0) is 17.0. The fourth-order valence-corrected chi connectivity index (χ4v) is 4.13. The first-order chi connectivity index (χ1) is 10.8. The van der Waals surface area contributed by atoms with Gasteiger partial charge in [0.15, 0.2) is 9.84 Å². The molecular weight excluding hydrogens is 319 g/mol. The van der Waals surface area contributed by atoms with Gasteiger partial charge in [-0.15, -0.1) is 0 Å². The molecule has 0 aliphatic heterocycles. The number of benzene rings is 1. The largest absolute Gasteiger partial charge is 0.353 e. The molecule has 128 valence electrons. The molecule has 0 bridgehead atoms. The van der Waals surface area contributed by atoms with E-state index in [1.807, 2.05) is 0 Å². The van der Waals surface area contributed by atoms with E-state index in [1.165, 1.54) is 19.1 Å². The second-order valence-electron chi connectivity index (χ2n) is 6.19. The van der Waals surface area contributed by atoms with Gasteiger partial charge in [0.2, 0.25) is 5.91 Å². The number of carbonyl (C=O) groups is 1. The summed E-state index contributed by atoms with van der Waals surface area (Å²) in [5.41, 5.74) is 5.82. The molecule has 0 spiro atoms. The van der Waals surface area contributed by atoms with Crippen LogP contribution in [0.3, 0.4) is 0 Å². The van der Waals surface area contributed by atoms with Gasteiger partial charge >= 0.3 is 0 Å². The number of sulfone groups is 1. The molecule has 1 atom stereocenters. The van der Waals surface area contributed by atoms with Gasteiger partial charge in [-0.05, 0) is 56.9 Å². The van der Waals surface area contributed by atoms with Crippen molar-refractivity contribution in [2.75, 3.05) is 0 Å². The van der Waals surface area contributed by atoms with Gasteiger partial charge in [-0.3, -0.25) is 4.79 Å². The highest BCUT2D eigenvalue weighted by Crippen LogP contribution is 2.20. The Hall–Kier alpha value is -1.47. The fourth-order valence-electron chi connectivity index (χ4n) is 2.78. The molecule has 1 amide bonds. The van der Waals surface area contributed by atoms with Crippen LogP contribution in [-0.2, 0) is 14.6 Å². The van der Waals surface area contributed by atoms with E-state index in [1.54, 1.807) is 0 Å². The molecule has 0 saturated heterocycles. The maximum atomic E-state index is 12.9. The van der Waals surface area contributed by atoms with Crippen LogP contribution < -0.4 is 11.1 Å². The van der Waals surface area contributed by atoms with Crippen LogP contribution in [0.25, 0.3) is 0 Å². The molecule has 7 heteroatoms. The average molecular weight is 342 g/mol. The van der Waals surface area contributed by atoms with Crippen molar-refractivity contribution in [2.24, 2.45) is 5.73 Å². The minimum Gasteiger partial charge on any atom is -0.353 e. The maximum Gasteiger partial charge on any atom is 0.221 e. The molecule has 0 radical (unpaired) electrons. The van der Waals surface area contributed by atoms with Crippen LogP contribution in [0.15, 0.2) is 29.2 Å². The van der Waals surface area contributed by atoms with Gasteiger partial charge in [0.05, 0.1) is 10.1 Å². The van der Waals surface area contributed by atoms with Crippen molar-refractivity contribution in [1.29, 1.82) is 0 Å².